The van der Waals surface area contributed by atoms with Crippen molar-refractivity contribution in [2.45, 2.75) is 52.6 Å². The van der Waals surface area contributed by atoms with Gasteiger partial charge in [-0.15, -0.1) is 10.2 Å². The third kappa shape index (κ3) is 4.35. The van der Waals surface area contributed by atoms with Crippen molar-refractivity contribution < 1.29 is 0 Å². The molecule has 11 heteroatoms. The fourth-order valence-corrected chi connectivity index (χ4v) is 4.26. The van der Waals surface area contributed by atoms with Crippen LogP contribution in [-0.2, 0) is 18.5 Å². The Kier molecular flexibility index (Phi) is 6.05. The van der Waals surface area contributed by atoms with E-state index in [1.807, 2.05) is 63.5 Å². The number of H-pyrrole nitrogens is 1. The van der Waals surface area contributed by atoms with E-state index in [9.17, 15) is 4.79 Å². The van der Waals surface area contributed by atoms with Crippen LogP contribution < -0.4 is 5.69 Å². The van der Waals surface area contributed by atoms with Crippen LogP contribution in [0.4, 0.5) is 0 Å². The molecule has 4 aromatic heterocycles. The average Bonchev–Trinajstić information content (AvgIpc) is 3.62. The normalized spacial score (nSPS) is 11.8. The van der Waals surface area contributed by atoms with Crippen molar-refractivity contribution in [2.75, 3.05) is 0 Å². The van der Waals surface area contributed by atoms with Gasteiger partial charge in [-0.1, -0.05) is 37.6 Å². The maximum atomic E-state index is 13.7. The maximum Gasteiger partial charge on any atom is 0.335 e. The molecular weight excluding hydrogens is 456 g/mol. The number of benzene rings is 1. The minimum Gasteiger partial charge on any atom is -0.291 e. The van der Waals surface area contributed by atoms with Crippen LogP contribution >= 0.6 is 0 Å². The highest BCUT2D eigenvalue weighted by atomic mass is 16.2. The zero-order valence-electron chi connectivity index (χ0n) is 20.8. The lowest BCUT2D eigenvalue weighted by Crippen LogP contribution is -2.31. The number of pyridine rings is 1. The topological polar surface area (TPSA) is 125 Å². The van der Waals surface area contributed by atoms with Gasteiger partial charge in [-0.05, 0) is 55.2 Å². The van der Waals surface area contributed by atoms with Crippen LogP contribution in [0.1, 0.15) is 45.4 Å². The molecule has 36 heavy (non-hydrogen) atoms. The van der Waals surface area contributed by atoms with Crippen molar-refractivity contribution >= 4 is 0 Å². The summed E-state index contributed by atoms with van der Waals surface area (Å²) in [4.78, 5) is 22.4. The molecule has 0 unspecified atom stereocenters. The first-order valence-electron chi connectivity index (χ1n) is 11.9. The summed E-state index contributed by atoms with van der Waals surface area (Å²) in [5.74, 6) is 1.05. The lowest BCUT2D eigenvalue weighted by atomic mass is 10.00. The molecular formula is C25H28N10O. The van der Waals surface area contributed by atoms with Crippen molar-refractivity contribution in [3.8, 4) is 28.5 Å². The van der Waals surface area contributed by atoms with Crippen LogP contribution in [0.2, 0.25) is 0 Å². The SMILES string of the molecule is CCCc1cn(-c2ncnn2C(C)(C)C)c(=O)n1Cc1cnccc1-c1ccc(-c2nn[nH]n2)cc1. The van der Waals surface area contributed by atoms with Crippen molar-refractivity contribution in [1.82, 2.24) is 49.5 Å². The quantitative estimate of drug-likeness (QED) is 0.376. The summed E-state index contributed by atoms with van der Waals surface area (Å²) in [5.41, 5.74) is 4.29. The molecule has 0 aliphatic rings. The summed E-state index contributed by atoms with van der Waals surface area (Å²) < 4.78 is 5.17. The van der Waals surface area contributed by atoms with Gasteiger partial charge in [-0.25, -0.2) is 14.0 Å². The van der Waals surface area contributed by atoms with Crippen molar-refractivity contribution in [3.63, 3.8) is 0 Å². The number of nitrogens with one attached hydrogen (secondary N) is 1. The summed E-state index contributed by atoms with van der Waals surface area (Å²) in [7, 11) is 0. The zero-order valence-corrected chi connectivity index (χ0v) is 20.8. The van der Waals surface area contributed by atoms with Gasteiger partial charge in [0.25, 0.3) is 0 Å². The predicted molar refractivity (Wildman–Crippen MR) is 135 cm³/mol. The molecule has 11 nitrogen and oxygen atoms in total. The van der Waals surface area contributed by atoms with E-state index in [4.69, 9.17) is 0 Å². The number of aromatic amines is 1. The first-order valence-corrected chi connectivity index (χ1v) is 11.9. The Labute approximate surface area is 207 Å². The van der Waals surface area contributed by atoms with Gasteiger partial charge in [0.1, 0.15) is 6.33 Å². The van der Waals surface area contributed by atoms with Gasteiger partial charge in [0.05, 0.1) is 12.1 Å². The van der Waals surface area contributed by atoms with Crippen molar-refractivity contribution in [1.29, 1.82) is 0 Å². The van der Waals surface area contributed by atoms with Gasteiger partial charge in [0.2, 0.25) is 11.8 Å². The number of rotatable bonds is 7. The number of tetrazole rings is 1. The molecule has 0 aliphatic carbocycles. The van der Waals surface area contributed by atoms with Crippen LogP contribution in [0.15, 0.2) is 60.0 Å². The molecule has 0 atom stereocenters. The van der Waals surface area contributed by atoms with E-state index in [2.05, 4.69) is 42.6 Å². The lowest BCUT2D eigenvalue weighted by Gasteiger charge is -2.20. The number of nitrogens with zero attached hydrogens (tertiary/aromatic N) is 9. The van der Waals surface area contributed by atoms with Gasteiger partial charge in [-0.3, -0.25) is 9.55 Å². The van der Waals surface area contributed by atoms with E-state index in [1.54, 1.807) is 20.0 Å². The van der Waals surface area contributed by atoms with E-state index in [0.29, 0.717) is 18.3 Å². The molecule has 1 N–H and O–H groups in total. The predicted octanol–water partition coefficient (Wildman–Crippen LogP) is 3.23. The summed E-state index contributed by atoms with van der Waals surface area (Å²) >= 11 is 0. The first kappa shape index (κ1) is 23.3. The lowest BCUT2D eigenvalue weighted by molar-refractivity contribution is 0.349. The minimum absolute atomic E-state index is 0.154. The summed E-state index contributed by atoms with van der Waals surface area (Å²) in [5, 5.41) is 18.5. The van der Waals surface area contributed by atoms with Gasteiger partial charge < -0.3 is 0 Å². The number of hydrogen-bond acceptors (Lipinski definition) is 7. The first-order chi connectivity index (χ1) is 17.4. The molecule has 0 fully saturated rings. The van der Waals surface area contributed by atoms with E-state index >= 15 is 0 Å². The molecule has 0 aliphatic heterocycles. The number of imidazole rings is 1. The van der Waals surface area contributed by atoms with E-state index in [1.165, 1.54) is 6.33 Å². The van der Waals surface area contributed by atoms with Gasteiger partial charge in [0.15, 0.2) is 0 Å². The fourth-order valence-electron chi connectivity index (χ4n) is 4.26. The Balaban J connectivity index is 1.54. The Morgan fingerprint density at radius 1 is 1.06 bits per heavy atom. The van der Waals surface area contributed by atoms with Gasteiger partial charge in [0, 0.05) is 29.8 Å². The number of hydrogen-bond donors (Lipinski definition) is 1. The molecule has 5 aromatic rings. The smallest absolute Gasteiger partial charge is 0.291 e. The largest absolute Gasteiger partial charge is 0.335 e. The van der Waals surface area contributed by atoms with E-state index in [0.717, 1.165) is 40.8 Å². The van der Waals surface area contributed by atoms with Crippen LogP contribution in [0.5, 0.6) is 0 Å². The molecule has 0 saturated carbocycles. The third-order valence-corrected chi connectivity index (χ3v) is 5.98. The summed E-state index contributed by atoms with van der Waals surface area (Å²) in [6.07, 6.45) is 8.63. The Morgan fingerprint density at radius 2 is 1.83 bits per heavy atom. The Bertz CT molecular complexity index is 1520. The minimum atomic E-state index is -0.317. The molecule has 0 spiro atoms. The number of aryl methyl sites for hydroxylation is 1. The molecule has 0 amide bonds. The van der Waals surface area contributed by atoms with Crippen LogP contribution in [-0.4, -0.2) is 49.5 Å². The van der Waals surface area contributed by atoms with E-state index in [-0.39, 0.29) is 11.2 Å². The molecule has 1 aromatic carbocycles. The highest BCUT2D eigenvalue weighted by Gasteiger charge is 2.23. The molecule has 0 radical (unpaired) electrons. The molecule has 5 rings (SSSR count). The van der Waals surface area contributed by atoms with E-state index < -0.39 is 0 Å². The molecule has 0 saturated heterocycles. The van der Waals surface area contributed by atoms with Crippen LogP contribution in [0.3, 0.4) is 0 Å². The third-order valence-electron chi connectivity index (χ3n) is 5.98. The molecule has 4 heterocycles. The van der Waals surface area contributed by atoms with Crippen LogP contribution in [0.25, 0.3) is 28.5 Å². The molecule has 184 valence electrons. The second-order valence-electron chi connectivity index (χ2n) is 9.60. The fraction of sp³-hybridized carbons (Fsp3) is 0.320. The highest BCUT2D eigenvalue weighted by Crippen LogP contribution is 2.26. The Morgan fingerprint density at radius 3 is 2.53 bits per heavy atom. The second-order valence-corrected chi connectivity index (χ2v) is 9.60. The van der Waals surface area contributed by atoms with Crippen molar-refractivity contribution in [3.05, 3.63) is 77.0 Å². The van der Waals surface area contributed by atoms with Crippen LogP contribution in [0, 0.1) is 0 Å². The zero-order chi connectivity index (χ0) is 25.3. The maximum absolute atomic E-state index is 13.7. The van der Waals surface area contributed by atoms with Gasteiger partial charge >= 0.3 is 5.69 Å². The summed E-state index contributed by atoms with van der Waals surface area (Å²) in [6, 6.07) is 9.90. The van der Waals surface area contributed by atoms with Gasteiger partial charge in [-0.2, -0.15) is 15.3 Å². The Hall–Kier alpha value is -4.41. The second kappa shape index (κ2) is 9.33. The highest BCUT2D eigenvalue weighted by molar-refractivity contribution is 5.69. The molecule has 0 bridgehead atoms. The average molecular weight is 485 g/mol. The number of aromatic nitrogens is 10. The monoisotopic (exact) mass is 484 g/mol. The van der Waals surface area contributed by atoms with Crippen molar-refractivity contribution in [2.24, 2.45) is 0 Å². The standard InChI is InChI=1S/C25H28N10O/c1-5-6-20-15-34(23-27-16-28-35(23)25(2,3)4)24(36)33(20)14-19-13-26-12-11-21(19)17-7-9-18(10-8-17)22-29-31-32-30-22/h7-13,15-16H,5-6,14H2,1-4H3,(H,29,30,31,32). The summed E-state index contributed by atoms with van der Waals surface area (Å²) in [6.45, 7) is 8.59.